The lowest BCUT2D eigenvalue weighted by molar-refractivity contribution is -0.148. The summed E-state index contributed by atoms with van der Waals surface area (Å²) in [5.41, 5.74) is -0.765. The van der Waals surface area contributed by atoms with Crippen LogP contribution in [0.15, 0.2) is 30.5 Å². The molecule has 0 fully saturated rings. The minimum absolute atomic E-state index is 0.345. The van der Waals surface area contributed by atoms with Gasteiger partial charge < -0.3 is 10.4 Å². The highest BCUT2D eigenvalue weighted by atomic mass is 16.4. The Hall–Kier alpha value is -2.17. The zero-order valence-electron chi connectivity index (χ0n) is 11.8. The molecule has 0 amide bonds. The fourth-order valence-electron chi connectivity index (χ4n) is 2.29. The van der Waals surface area contributed by atoms with E-state index in [-0.39, 0.29) is 0 Å². The lowest BCUT2D eigenvalue weighted by Gasteiger charge is -2.27. The molecule has 0 unspecified atom stereocenters. The molecular formula is C15H19N3O2. The van der Waals surface area contributed by atoms with Gasteiger partial charge in [0, 0.05) is 17.3 Å². The number of hydrogen-bond acceptors (Lipinski definition) is 4. The molecule has 5 heteroatoms. The van der Waals surface area contributed by atoms with Crippen LogP contribution in [0.5, 0.6) is 0 Å². The second kappa shape index (κ2) is 5.86. The van der Waals surface area contributed by atoms with Gasteiger partial charge in [0.15, 0.2) is 5.82 Å². The Balaban J connectivity index is 2.27. The maximum absolute atomic E-state index is 11.5. The lowest BCUT2D eigenvalue weighted by atomic mass is 9.82. The second-order valence-corrected chi connectivity index (χ2v) is 4.93. The molecule has 0 aliphatic rings. The molecule has 0 bridgehead atoms. The van der Waals surface area contributed by atoms with Gasteiger partial charge in [0.25, 0.3) is 0 Å². The highest BCUT2D eigenvalue weighted by Crippen LogP contribution is 2.28. The molecule has 1 aromatic carbocycles. The molecule has 2 N–H and O–H groups in total. The van der Waals surface area contributed by atoms with E-state index in [9.17, 15) is 9.90 Å². The first-order valence-electron chi connectivity index (χ1n) is 6.80. The predicted molar refractivity (Wildman–Crippen MR) is 78.7 cm³/mol. The average Bonchev–Trinajstić information content (AvgIpc) is 2.48. The predicted octanol–water partition coefficient (Wildman–Crippen LogP) is 2.93. The Bertz CT molecular complexity index is 604. The van der Waals surface area contributed by atoms with Gasteiger partial charge in [-0.3, -0.25) is 4.79 Å². The van der Waals surface area contributed by atoms with E-state index in [0.29, 0.717) is 25.2 Å². The van der Waals surface area contributed by atoms with Crippen LogP contribution in [-0.4, -0.2) is 27.8 Å². The molecule has 0 spiro atoms. The summed E-state index contributed by atoms with van der Waals surface area (Å²) in [5, 5.41) is 22.6. The molecule has 1 heterocycles. The Morgan fingerprint density at radius 2 is 2.00 bits per heavy atom. The molecule has 20 heavy (non-hydrogen) atoms. The first kappa shape index (κ1) is 14.2. The van der Waals surface area contributed by atoms with Gasteiger partial charge in [-0.15, -0.1) is 5.10 Å². The van der Waals surface area contributed by atoms with Gasteiger partial charge in [-0.1, -0.05) is 38.1 Å². The van der Waals surface area contributed by atoms with E-state index in [1.165, 1.54) is 0 Å². The number of rotatable bonds is 6. The molecule has 2 rings (SSSR count). The third-order valence-electron chi connectivity index (χ3n) is 3.97. The van der Waals surface area contributed by atoms with Crippen LogP contribution < -0.4 is 5.32 Å². The van der Waals surface area contributed by atoms with E-state index in [0.717, 1.165) is 10.8 Å². The number of anilines is 1. The maximum Gasteiger partial charge on any atom is 0.311 e. The highest BCUT2D eigenvalue weighted by molar-refractivity contribution is 5.91. The first-order valence-corrected chi connectivity index (χ1v) is 6.80. The van der Waals surface area contributed by atoms with E-state index in [2.05, 4.69) is 15.5 Å². The summed E-state index contributed by atoms with van der Waals surface area (Å²) in [6, 6.07) is 7.78. The number of benzene rings is 1. The van der Waals surface area contributed by atoms with Crippen molar-refractivity contribution >= 4 is 22.6 Å². The van der Waals surface area contributed by atoms with Gasteiger partial charge in [-0.2, -0.15) is 5.10 Å². The van der Waals surface area contributed by atoms with Crippen molar-refractivity contribution < 1.29 is 9.90 Å². The number of carbonyl (C=O) groups is 1. The minimum Gasteiger partial charge on any atom is -0.481 e. The SMILES string of the molecule is CCC(CC)(CNc1nncc2ccccc12)C(=O)O. The molecule has 1 aromatic heterocycles. The number of fused-ring (bicyclic) bond motifs is 1. The van der Waals surface area contributed by atoms with Crippen LogP contribution in [-0.2, 0) is 4.79 Å². The third kappa shape index (κ3) is 2.57. The number of hydrogen-bond donors (Lipinski definition) is 2. The number of aromatic nitrogens is 2. The summed E-state index contributed by atoms with van der Waals surface area (Å²) < 4.78 is 0. The Labute approximate surface area is 118 Å². The van der Waals surface area contributed by atoms with Gasteiger partial charge in [0.1, 0.15) is 0 Å². The van der Waals surface area contributed by atoms with Crippen LogP contribution in [0.3, 0.4) is 0 Å². The molecule has 2 aromatic rings. The fourth-order valence-corrected chi connectivity index (χ4v) is 2.29. The summed E-state index contributed by atoms with van der Waals surface area (Å²) in [6.07, 6.45) is 2.85. The van der Waals surface area contributed by atoms with E-state index >= 15 is 0 Å². The van der Waals surface area contributed by atoms with Crippen molar-refractivity contribution in [2.75, 3.05) is 11.9 Å². The third-order valence-corrected chi connectivity index (χ3v) is 3.97. The van der Waals surface area contributed by atoms with E-state index in [1.54, 1.807) is 6.20 Å². The highest BCUT2D eigenvalue weighted by Gasteiger charge is 2.34. The summed E-state index contributed by atoms with van der Waals surface area (Å²) in [7, 11) is 0. The van der Waals surface area contributed by atoms with Crippen LogP contribution >= 0.6 is 0 Å². The van der Waals surface area contributed by atoms with E-state index < -0.39 is 11.4 Å². The molecule has 106 valence electrons. The molecule has 0 saturated heterocycles. The standard InChI is InChI=1S/C15H19N3O2/c1-3-15(4-2,14(19)20)10-16-13-12-8-6-5-7-11(12)9-17-18-13/h5-9H,3-4,10H2,1-2H3,(H,16,18)(H,19,20). The van der Waals surface area contributed by atoms with Crippen molar-refractivity contribution in [3.8, 4) is 0 Å². The van der Waals surface area contributed by atoms with Crippen molar-refractivity contribution in [3.05, 3.63) is 30.5 Å². The van der Waals surface area contributed by atoms with Crippen LogP contribution in [0.2, 0.25) is 0 Å². The number of carboxylic acid groups (broad SMARTS) is 1. The zero-order chi connectivity index (χ0) is 14.6. The Morgan fingerprint density at radius 1 is 1.30 bits per heavy atom. The summed E-state index contributed by atoms with van der Waals surface area (Å²) in [4.78, 5) is 11.5. The monoisotopic (exact) mass is 273 g/mol. The Morgan fingerprint density at radius 3 is 2.65 bits per heavy atom. The first-order chi connectivity index (χ1) is 9.63. The molecule has 0 atom stereocenters. The number of nitrogens with zero attached hydrogens (tertiary/aromatic N) is 2. The van der Waals surface area contributed by atoms with E-state index in [1.807, 2.05) is 38.1 Å². The van der Waals surface area contributed by atoms with Gasteiger partial charge in [0.05, 0.1) is 11.6 Å². The zero-order valence-corrected chi connectivity index (χ0v) is 11.8. The van der Waals surface area contributed by atoms with Gasteiger partial charge in [-0.25, -0.2) is 0 Å². The Kier molecular flexibility index (Phi) is 4.17. The van der Waals surface area contributed by atoms with Crippen molar-refractivity contribution in [2.45, 2.75) is 26.7 Å². The number of nitrogens with one attached hydrogen (secondary N) is 1. The van der Waals surface area contributed by atoms with Crippen molar-refractivity contribution in [2.24, 2.45) is 5.41 Å². The topological polar surface area (TPSA) is 75.1 Å². The number of aliphatic carboxylic acids is 1. The van der Waals surface area contributed by atoms with E-state index in [4.69, 9.17) is 0 Å². The van der Waals surface area contributed by atoms with Crippen LogP contribution in [0.4, 0.5) is 5.82 Å². The van der Waals surface area contributed by atoms with Crippen LogP contribution in [0, 0.1) is 5.41 Å². The number of carboxylic acids is 1. The molecule has 0 aliphatic heterocycles. The lowest BCUT2D eigenvalue weighted by Crippen LogP contribution is -2.37. The molecule has 0 aliphatic carbocycles. The summed E-state index contributed by atoms with van der Waals surface area (Å²) in [5.74, 6) is -0.140. The minimum atomic E-state index is -0.775. The summed E-state index contributed by atoms with van der Waals surface area (Å²) >= 11 is 0. The smallest absolute Gasteiger partial charge is 0.311 e. The molecule has 5 nitrogen and oxygen atoms in total. The second-order valence-electron chi connectivity index (χ2n) is 4.93. The van der Waals surface area contributed by atoms with Crippen molar-refractivity contribution in [1.82, 2.24) is 10.2 Å². The van der Waals surface area contributed by atoms with Crippen LogP contribution in [0.1, 0.15) is 26.7 Å². The summed E-state index contributed by atoms with van der Waals surface area (Å²) in [6.45, 7) is 4.14. The van der Waals surface area contributed by atoms with Gasteiger partial charge >= 0.3 is 5.97 Å². The van der Waals surface area contributed by atoms with Crippen molar-refractivity contribution in [3.63, 3.8) is 0 Å². The molecular weight excluding hydrogens is 254 g/mol. The maximum atomic E-state index is 11.5. The van der Waals surface area contributed by atoms with Gasteiger partial charge in [-0.05, 0) is 12.8 Å². The average molecular weight is 273 g/mol. The van der Waals surface area contributed by atoms with Crippen LogP contribution in [0.25, 0.3) is 10.8 Å². The largest absolute Gasteiger partial charge is 0.481 e. The molecule has 0 radical (unpaired) electrons. The quantitative estimate of drug-likeness (QED) is 0.846. The van der Waals surface area contributed by atoms with Gasteiger partial charge in [0.2, 0.25) is 0 Å². The van der Waals surface area contributed by atoms with Crippen molar-refractivity contribution in [1.29, 1.82) is 0 Å². The fraction of sp³-hybridized carbons (Fsp3) is 0.400. The normalized spacial score (nSPS) is 11.5. The molecule has 0 saturated carbocycles.